The summed E-state index contributed by atoms with van der Waals surface area (Å²) in [6.45, 7) is 2.35. The Kier molecular flexibility index (Phi) is 5.17. The van der Waals surface area contributed by atoms with Crippen LogP contribution in [0.5, 0.6) is 0 Å². The lowest BCUT2D eigenvalue weighted by atomic mass is 10.1. The number of rotatable bonds is 4. The van der Waals surface area contributed by atoms with Gasteiger partial charge in [-0.2, -0.15) is 4.31 Å². The van der Waals surface area contributed by atoms with Gasteiger partial charge in [0.1, 0.15) is 0 Å². The van der Waals surface area contributed by atoms with E-state index < -0.39 is 10.0 Å². The number of sulfonamides is 1. The Morgan fingerprint density at radius 3 is 2.44 bits per heavy atom. The molecular formula is C18H20N2O4S. The van der Waals surface area contributed by atoms with Crippen LogP contribution in [0.3, 0.4) is 0 Å². The summed E-state index contributed by atoms with van der Waals surface area (Å²) in [6.07, 6.45) is -0.275. The van der Waals surface area contributed by atoms with E-state index in [0.29, 0.717) is 18.8 Å². The molecule has 1 N–H and O–H groups in total. The van der Waals surface area contributed by atoms with Crippen molar-refractivity contribution in [3.63, 3.8) is 0 Å². The van der Waals surface area contributed by atoms with Gasteiger partial charge in [0.15, 0.2) is 0 Å². The lowest BCUT2D eigenvalue weighted by Gasteiger charge is -2.32. The molecule has 3 rings (SSSR count). The SMILES string of the molecule is CC(=O)Nc1ccc(S(=O)(=O)N2CCO[C@H](c3ccccc3)C2)cc1. The Bertz CT molecular complexity index is 835. The summed E-state index contributed by atoms with van der Waals surface area (Å²) in [4.78, 5) is 11.3. The lowest BCUT2D eigenvalue weighted by molar-refractivity contribution is -0.114. The molecule has 6 nitrogen and oxygen atoms in total. The van der Waals surface area contributed by atoms with Crippen molar-refractivity contribution in [2.24, 2.45) is 0 Å². The van der Waals surface area contributed by atoms with Gasteiger partial charge >= 0.3 is 0 Å². The molecule has 1 atom stereocenters. The van der Waals surface area contributed by atoms with Gasteiger partial charge in [-0.15, -0.1) is 0 Å². The molecule has 0 spiro atoms. The molecule has 2 aromatic rings. The molecule has 0 aliphatic carbocycles. The van der Waals surface area contributed by atoms with Crippen LogP contribution in [-0.2, 0) is 19.6 Å². The summed E-state index contributed by atoms with van der Waals surface area (Å²) in [6, 6.07) is 15.8. The van der Waals surface area contributed by atoms with Crippen molar-refractivity contribution in [3.05, 3.63) is 60.2 Å². The maximum absolute atomic E-state index is 12.9. The highest BCUT2D eigenvalue weighted by Gasteiger charge is 2.31. The Morgan fingerprint density at radius 2 is 1.80 bits per heavy atom. The molecule has 1 saturated heterocycles. The third-order valence-electron chi connectivity index (χ3n) is 4.01. The minimum atomic E-state index is -3.61. The number of benzene rings is 2. The normalized spacial score (nSPS) is 18.7. The third kappa shape index (κ3) is 4.07. The molecule has 1 heterocycles. The number of anilines is 1. The minimum absolute atomic E-state index is 0.200. The standard InChI is InChI=1S/C18H20N2O4S/c1-14(21)19-16-7-9-17(10-8-16)25(22,23)20-11-12-24-18(13-20)15-5-3-2-4-6-15/h2-10,18H,11-13H2,1H3,(H,19,21)/t18-/m0/s1. The topological polar surface area (TPSA) is 75.7 Å². The molecule has 0 bridgehead atoms. The van der Waals surface area contributed by atoms with Crippen LogP contribution in [0.4, 0.5) is 5.69 Å². The summed E-state index contributed by atoms with van der Waals surface area (Å²) >= 11 is 0. The number of nitrogens with zero attached hydrogens (tertiary/aromatic N) is 1. The van der Waals surface area contributed by atoms with E-state index in [4.69, 9.17) is 4.74 Å². The number of carbonyl (C=O) groups is 1. The van der Waals surface area contributed by atoms with Gasteiger partial charge in [0.25, 0.3) is 0 Å². The molecule has 132 valence electrons. The van der Waals surface area contributed by atoms with Crippen molar-refractivity contribution >= 4 is 21.6 Å². The quantitative estimate of drug-likeness (QED) is 0.908. The van der Waals surface area contributed by atoms with E-state index in [0.717, 1.165) is 5.56 Å². The van der Waals surface area contributed by atoms with Crippen LogP contribution >= 0.6 is 0 Å². The number of amides is 1. The molecule has 0 unspecified atom stereocenters. The van der Waals surface area contributed by atoms with E-state index in [-0.39, 0.29) is 23.5 Å². The maximum Gasteiger partial charge on any atom is 0.243 e. The average Bonchev–Trinajstić information content (AvgIpc) is 2.62. The number of hydrogen-bond acceptors (Lipinski definition) is 4. The zero-order valence-corrected chi connectivity index (χ0v) is 14.7. The average molecular weight is 360 g/mol. The largest absolute Gasteiger partial charge is 0.371 e. The van der Waals surface area contributed by atoms with Crippen LogP contribution in [0.2, 0.25) is 0 Å². The first-order valence-corrected chi connectivity index (χ1v) is 9.45. The van der Waals surface area contributed by atoms with Crippen LogP contribution in [-0.4, -0.2) is 38.3 Å². The Hall–Kier alpha value is -2.22. The predicted octanol–water partition coefficient (Wildman–Crippen LogP) is 2.41. The fourth-order valence-corrected chi connectivity index (χ4v) is 4.20. The highest BCUT2D eigenvalue weighted by atomic mass is 32.2. The Morgan fingerprint density at radius 1 is 1.12 bits per heavy atom. The summed E-state index contributed by atoms with van der Waals surface area (Å²) in [5, 5.41) is 2.62. The van der Waals surface area contributed by atoms with E-state index in [9.17, 15) is 13.2 Å². The molecule has 0 aromatic heterocycles. The Labute approximate surface area is 147 Å². The van der Waals surface area contributed by atoms with Gasteiger partial charge in [-0.05, 0) is 29.8 Å². The fraction of sp³-hybridized carbons (Fsp3) is 0.278. The van der Waals surface area contributed by atoms with Crippen molar-refractivity contribution in [1.29, 1.82) is 0 Å². The van der Waals surface area contributed by atoms with Crippen LogP contribution in [0.1, 0.15) is 18.6 Å². The fourth-order valence-electron chi connectivity index (χ4n) is 2.78. The van der Waals surface area contributed by atoms with Gasteiger partial charge in [-0.3, -0.25) is 4.79 Å². The van der Waals surface area contributed by atoms with Gasteiger partial charge in [-0.25, -0.2) is 8.42 Å². The predicted molar refractivity (Wildman–Crippen MR) is 94.6 cm³/mol. The molecule has 2 aromatic carbocycles. The van der Waals surface area contributed by atoms with Gasteiger partial charge in [0.2, 0.25) is 15.9 Å². The highest BCUT2D eigenvalue weighted by Crippen LogP contribution is 2.26. The molecule has 1 aliphatic heterocycles. The monoisotopic (exact) mass is 360 g/mol. The number of ether oxygens (including phenoxy) is 1. The second-order valence-corrected chi connectivity index (χ2v) is 7.78. The summed E-state index contributed by atoms with van der Waals surface area (Å²) < 4.78 is 32.9. The van der Waals surface area contributed by atoms with E-state index >= 15 is 0 Å². The van der Waals surface area contributed by atoms with Crippen LogP contribution in [0.25, 0.3) is 0 Å². The third-order valence-corrected chi connectivity index (χ3v) is 5.89. The van der Waals surface area contributed by atoms with Crippen LogP contribution in [0, 0.1) is 0 Å². The molecule has 7 heteroatoms. The van der Waals surface area contributed by atoms with Crippen molar-refractivity contribution in [2.75, 3.05) is 25.0 Å². The number of nitrogens with one attached hydrogen (secondary N) is 1. The summed E-state index contributed by atoms with van der Waals surface area (Å²) in [5.74, 6) is -0.200. The minimum Gasteiger partial charge on any atom is -0.371 e. The first-order valence-electron chi connectivity index (χ1n) is 8.01. The molecule has 1 fully saturated rings. The van der Waals surface area contributed by atoms with Crippen molar-refractivity contribution < 1.29 is 17.9 Å². The molecule has 25 heavy (non-hydrogen) atoms. The van der Waals surface area contributed by atoms with Crippen LogP contribution < -0.4 is 5.32 Å². The number of hydrogen-bond donors (Lipinski definition) is 1. The maximum atomic E-state index is 12.9. The number of carbonyl (C=O) groups excluding carboxylic acids is 1. The lowest BCUT2D eigenvalue weighted by Crippen LogP contribution is -2.42. The number of morpholine rings is 1. The van der Waals surface area contributed by atoms with Crippen LogP contribution in [0.15, 0.2) is 59.5 Å². The van der Waals surface area contributed by atoms with Crippen molar-refractivity contribution in [1.82, 2.24) is 4.31 Å². The smallest absolute Gasteiger partial charge is 0.243 e. The van der Waals surface area contributed by atoms with Gasteiger partial charge in [0.05, 0.1) is 17.6 Å². The van der Waals surface area contributed by atoms with E-state index in [2.05, 4.69) is 5.32 Å². The summed E-state index contributed by atoms with van der Waals surface area (Å²) in [5.41, 5.74) is 1.53. The van der Waals surface area contributed by atoms with E-state index in [1.807, 2.05) is 30.3 Å². The second kappa shape index (κ2) is 7.35. The molecular weight excluding hydrogens is 340 g/mol. The van der Waals surface area contributed by atoms with Gasteiger partial charge < -0.3 is 10.1 Å². The second-order valence-electron chi connectivity index (χ2n) is 5.84. The van der Waals surface area contributed by atoms with E-state index in [1.54, 1.807) is 12.1 Å². The van der Waals surface area contributed by atoms with Gasteiger partial charge in [0, 0.05) is 25.7 Å². The van der Waals surface area contributed by atoms with Crippen molar-refractivity contribution in [3.8, 4) is 0 Å². The molecule has 1 amide bonds. The first-order chi connectivity index (χ1) is 12.0. The molecule has 0 radical (unpaired) electrons. The van der Waals surface area contributed by atoms with Crippen molar-refractivity contribution in [2.45, 2.75) is 17.9 Å². The Balaban J connectivity index is 1.78. The zero-order valence-electron chi connectivity index (χ0n) is 13.9. The van der Waals surface area contributed by atoms with E-state index in [1.165, 1.54) is 23.4 Å². The zero-order chi connectivity index (χ0) is 17.9. The molecule has 1 aliphatic rings. The summed E-state index contributed by atoms with van der Waals surface area (Å²) in [7, 11) is -3.61. The molecule has 0 saturated carbocycles. The first kappa shape index (κ1) is 17.6. The van der Waals surface area contributed by atoms with Gasteiger partial charge in [-0.1, -0.05) is 30.3 Å². The highest BCUT2D eigenvalue weighted by molar-refractivity contribution is 7.89.